The zero-order valence-electron chi connectivity index (χ0n) is 11.4. The minimum atomic E-state index is -0.866. The second-order valence-corrected chi connectivity index (χ2v) is 5.84. The maximum absolute atomic E-state index is 13.6. The van der Waals surface area contributed by atoms with Crippen LogP contribution < -0.4 is 4.74 Å². The number of nitrogens with zero attached hydrogens (tertiary/aromatic N) is 1. The first kappa shape index (κ1) is 15.1. The van der Waals surface area contributed by atoms with Gasteiger partial charge in [-0.1, -0.05) is 6.07 Å². The minimum absolute atomic E-state index is 0.339. The van der Waals surface area contributed by atoms with E-state index >= 15 is 0 Å². The molecule has 0 radical (unpaired) electrons. The molecule has 0 saturated carbocycles. The molecule has 1 aromatic carbocycles. The van der Waals surface area contributed by atoms with Crippen molar-refractivity contribution in [3.05, 3.63) is 55.5 Å². The SMILES string of the molecule is Cc1cc(C(=O)COc2c(F)cccc2[N+](=O)[O-])c(C)s1. The molecule has 0 fully saturated rings. The Morgan fingerprint density at radius 3 is 2.71 bits per heavy atom. The van der Waals surface area contributed by atoms with E-state index in [2.05, 4.69) is 0 Å². The average Bonchev–Trinajstić information content (AvgIpc) is 2.75. The van der Waals surface area contributed by atoms with Crippen LogP contribution >= 0.6 is 11.3 Å². The predicted molar refractivity (Wildman–Crippen MR) is 76.7 cm³/mol. The molecule has 0 unspecified atom stereocenters. The molecule has 0 aliphatic heterocycles. The van der Waals surface area contributed by atoms with Crippen molar-refractivity contribution >= 4 is 22.8 Å². The van der Waals surface area contributed by atoms with Crippen LogP contribution in [0.1, 0.15) is 20.1 Å². The molecule has 2 rings (SSSR count). The van der Waals surface area contributed by atoms with Crippen LogP contribution in [0.4, 0.5) is 10.1 Å². The number of rotatable bonds is 5. The third kappa shape index (κ3) is 3.25. The Morgan fingerprint density at radius 1 is 1.43 bits per heavy atom. The Balaban J connectivity index is 2.19. The lowest BCUT2D eigenvalue weighted by atomic mass is 10.2. The predicted octanol–water partition coefficient (Wildman–Crippen LogP) is 3.67. The lowest BCUT2D eigenvalue weighted by Gasteiger charge is -2.06. The van der Waals surface area contributed by atoms with Gasteiger partial charge in [0.2, 0.25) is 11.5 Å². The van der Waals surface area contributed by atoms with E-state index in [0.29, 0.717) is 5.56 Å². The van der Waals surface area contributed by atoms with Crippen LogP contribution in [0.5, 0.6) is 5.75 Å². The molecule has 1 heterocycles. The Morgan fingerprint density at radius 2 is 2.14 bits per heavy atom. The van der Waals surface area contributed by atoms with E-state index in [1.807, 2.05) is 6.92 Å². The normalized spacial score (nSPS) is 10.4. The first-order valence-electron chi connectivity index (χ1n) is 6.06. The monoisotopic (exact) mass is 309 g/mol. The van der Waals surface area contributed by atoms with Gasteiger partial charge in [0.25, 0.3) is 0 Å². The van der Waals surface area contributed by atoms with Gasteiger partial charge in [0.05, 0.1) is 4.92 Å². The first-order valence-corrected chi connectivity index (χ1v) is 6.87. The molecule has 110 valence electrons. The van der Waals surface area contributed by atoms with Gasteiger partial charge in [0.15, 0.2) is 12.4 Å². The summed E-state index contributed by atoms with van der Waals surface area (Å²) in [6, 6.07) is 5.12. The highest BCUT2D eigenvalue weighted by Crippen LogP contribution is 2.30. The van der Waals surface area contributed by atoms with Crippen LogP contribution in [0.25, 0.3) is 0 Å². The molecule has 0 atom stereocenters. The Bertz CT molecular complexity index is 711. The third-order valence-electron chi connectivity index (χ3n) is 2.83. The lowest BCUT2D eigenvalue weighted by molar-refractivity contribution is -0.386. The van der Waals surface area contributed by atoms with Gasteiger partial charge >= 0.3 is 5.69 Å². The number of ketones is 1. The number of carbonyl (C=O) groups is 1. The fourth-order valence-corrected chi connectivity index (χ4v) is 2.85. The maximum atomic E-state index is 13.6. The highest BCUT2D eigenvalue weighted by molar-refractivity contribution is 7.12. The minimum Gasteiger partial charge on any atom is -0.476 e. The molecule has 5 nitrogen and oxygen atoms in total. The van der Waals surface area contributed by atoms with Gasteiger partial charge in [-0.15, -0.1) is 11.3 Å². The number of hydrogen-bond donors (Lipinski definition) is 0. The highest BCUT2D eigenvalue weighted by atomic mass is 32.1. The number of nitro groups is 1. The van der Waals surface area contributed by atoms with Gasteiger partial charge in [-0.25, -0.2) is 4.39 Å². The van der Waals surface area contributed by atoms with Gasteiger partial charge < -0.3 is 4.74 Å². The van der Waals surface area contributed by atoms with Crippen molar-refractivity contribution in [3.63, 3.8) is 0 Å². The van der Waals surface area contributed by atoms with Crippen molar-refractivity contribution in [3.8, 4) is 5.75 Å². The second kappa shape index (κ2) is 6.01. The van der Waals surface area contributed by atoms with Crippen molar-refractivity contribution in [1.82, 2.24) is 0 Å². The van der Waals surface area contributed by atoms with Crippen molar-refractivity contribution in [2.45, 2.75) is 13.8 Å². The first-order chi connectivity index (χ1) is 9.90. The summed E-state index contributed by atoms with van der Waals surface area (Å²) < 4.78 is 18.7. The zero-order chi connectivity index (χ0) is 15.6. The van der Waals surface area contributed by atoms with Gasteiger partial charge in [-0.3, -0.25) is 14.9 Å². The van der Waals surface area contributed by atoms with Crippen LogP contribution in [0, 0.1) is 29.8 Å². The molecule has 0 saturated heterocycles. The number of Topliss-reactive ketones (excluding diaryl/α,β-unsaturated/α-hetero) is 1. The zero-order valence-corrected chi connectivity index (χ0v) is 12.2. The topological polar surface area (TPSA) is 69.4 Å². The number of carbonyl (C=O) groups excluding carboxylic acids is 1. The van der Waals surface area contributed by atoms with E-state index in [4.69, 9.17) is 4.74 Å². The molecule has 0 N–H and O–H groups in total. The number of thiophene rings is 1. The van der Waals surface area contributed by atoms with E-state index in [9.17, 15) is 19.3 Å². The molecule has 7 heteroatoms. The van der Waals surface area contributed by atoms with E-state index in [0.717, 1.165) is 21.9 Å². The number of halogens is 1. The largest absolute Gasteiger partial charge is 0.476 e. The number of ether oxygens (including phenoxy) is 1. The standard InChI is InChI=1S/C14H12FNO4S/c1-8-6-10(9(2)21-8)13(17)7-20-14-11(15)4-3-5-12(14)16(18)19/h3-6H,7H2,1-2H3. The quantitative estimate of drug-likeness (QED) is 0.480. The number of aryl methyl sites for hydroxylation is 2. The number of para-hydroxylation sites is 1. The molecule has 0 aliphatic rings. The van der Waals surface area contributed by atoms with Crippen LogP contribution in [0.3, 0.4) is 0 Å². The van der Waals surface area contributed by atoms with Gasteiger partial charge in [0.1, 0.15) is 0 Å². The summed E-state index contributed by atoms with van der Waals surface area (Å²) in [4.78, 5) is 23.9. The Labute approximate surface area is 124 Å². The number of benzene rings is 1. The van der Waals surface area contributed by atoms with Gasteiger partial charge in [0, 0.05) is 21.4 Å². The third-order valence-corrected chi connectivity index (χ3v) is 3.80. The average molecular weight is 309 g/mol. The number of nitro benzene ring substituents is 1. The molecule has 2 aromatic rings. The summed E-state index contributed by atoms with van der Waals surface area (Å²) in [7, 11) is 0. The van der Waals surface area contributed by atoms with Crippen molar-refractivity contribution in [1.29, 1.82) is 0 Å². The van der Waals surface area contributed by atoms with E-state index in [1.165, 1.54) is 17.4 Å². The molecule has 1 aromatic heterocycles. The molecule has 0 spiro atoms. The van der Waals surface area contributed by atoms with Crippen molar-refractivity contribution in [2.24, 2.45) is 0 Å². The van der Waals surface area contributed by atoms with Crippen LogP contribution in [0.15, 0.2) is 24.3 Å². The lowest BCUT2D eigenvalue weighted by Crippen LogP contribution is -2.13. The summed E-state index contributed by atoms with van der Waals surface area (Å²) in [6.45, 7) is 3.23. The van der Waals surface area contributed by atoms with Crippen LogP contribution in [-0.2, 0) is 0 Å². The summed E-state index contributed by atoms with van der Waals surface area (Å²) in [5.74, 6) is -1.72. The molecule has 0 aliphatic carbocycles. The van der Waals surface area contributed by atoms with Crippen molar-refractivity contribution in [2.75, 3.05) is 6.61 Å². The van der Waals surface area contributed by atoms with Crippen LogP contribution in [0.2, 0.25) is 0 Å². The molecular formula is C14H12FNO4S. The van der Waals surface area contributed by atoms with Gasteiger partial charge in [-0.05, 0) is 26.0 Å². The fourth-order valence-electron chi connectivity index (χ4n) is 1.91. The number of hydrogen-bond acceptors (Lipinski definition) is 5. The molecule has 0 bridgehead atoms. The summed E-state index contributed by atoms with van der Waals surface area (Å²) in [5, 5.41) is 10.8. The van der Waals surface area contributed by atoms with Crippen molar-refractivity contribution < 1.29 is 18.8 Å². The Kier molecular flexibility index (Phi) is 4.32. The highest BCUT2D eigenvalue weighted by Gasteiger charge is 2.21. The van der Waals surface area contributed by atoms with E-state index < -0.39 is 28.8 Å². The molecule has 0 amide bonds. The fraction of sp³-hybridized carbons (Fsp3) is 0.214. The van der Waals surface area contributed by atoms with Crippen LogP contribution in [-0.4, -0.2) is 17.3 Å². The van der Waals surface area contributed by atoms with Gasteiger partial charge in [-0.2, -0.15) is 0 Å². The summed E-state index contributed by atoms with van der Waals surface area (Å²) >= 11 is 1.47. The van der Waals surface area contributed by atoms with E-state index in [1.54, 1.807) is 13.0 Å². The summed E-state index contributed by atoms with van der Waals surface area (Å²) in [5.41, 5.74) is -0.00230. The molecule has 21 heavy (non-hydrogen) atoms. The van der Waals surface area contributed by atoms with E-state index in [-0.39, 0.29) is 5.78 Å². The smallest absolute Gasteiger partial charge is 0.314 e. The second-order valence-electron chi connectivity index (χ2n) is 4.38. The summed E-state index contributed by atoms with van der Waals surface area (Å²) in [6.07, 6.45) is 0. The molecular weight excluding hydrogens is 297 g/mol. The Hall–Kier alpha value is -2.28. The maximum Gasteiger partial charge on any atom is 0.314 e.